The highest BCUT2D eigenvalue weighted by atomic mass is 16.3. The Morgan fingerprint density at radius 2 is 1.93 bits per heavy atom. The van der Waals surface area contributed by atoms with Crippen LogP contribution < -0.4 is 10.6 Å². The molecule has 30 heavy (non-hydrogen) atoms. The SMILES string of the molecule is Cc1cccc(CO)c1NC1CCN(CC(=O)Nc2cccc3ncccc23)CC1. The summed E-state index contributed by atoms with van der Waals surface area (Å²) in [6.07, 6.45) is 3.68. The molecule has 1 fully saturated rings. The molecular weight excluding hydrogens is 376 g/mol. The van der Waals surface area contributed by atoms with Crippen LogP contribution in [0.3, 0.4) is 0 Å². The molecule has 6 nitrogen and oxygen atoms in total. The predicted octanol–water partition coefficient (Wildman–Crippen LogP) is 3.55. The summed E-state index contributed by atoms with van der Waals surface area (Å²) in [4.78, 5) is 19.1. The molecular formula is C24H28N4O2. The summed E-state index contributed by atoms with van der Waals surface area (Å²) in [5, 5.41) is 17.2. The molecule has 1 aliphatic heterocycles. The summed E-state index contributed by atoms with van der Waals surface area (Å²) in [7, 11) is 0. The second-order valence-corrected chi connectivity index (χ2v) is 7.89. The van der Waals surface area contributed by atoms with Crippen molar-refractivity contribution in [3.63, 3.8) is 0 Å². The Kier molecular flexibility index (Phi) is 6.26. The van der Waals surface area contributed by atoms with E-state index in [1.165, 1.54) is 0 Å². The van der Waals surface area contributed by atoms with Crippen LogP contribution >= 0.6 is 0 Å². The molecule has 0 atom stereocenters. The molecule has 1 aliphatic rings. The minimum atomic E-state index is -0.000710. The van der Waals surface area contributed by atoms with Crippen LogP contribution in [0.5, 0.6) is 0 Å². The topological polar surface area (TPSA) is 77.5 Å². The van der Waals surface area contributed by atoms with Gasteiger partial charge in [-0.05, 0) is 49.6 Å². The number of aryl methyl sites for hydroxylation is 1. The Labute approximate surface area is 176 Å². The Morgan fingerprint density at radius 3 is 2.73 bits per heavy atom. The number of piperidine rings is 1. The van der Waals surface area contributed by atoms with E-state index in [1.807, 2.05) is 42.5 Å². The summed E-state index contributed by atoms with van der Waals surface area (Å²) in [5.41, 5.74) is 4.80. The highest BCUT2D eigenvalue weighted by Gasteiger charge is 2.22. The van der Waals surface area contributed by atoms with Gasteiger partial charge in [-0.1, -0.05) is 24.3 Å². The van der Waals surface area contributed by atoms with E-state index in [9.17, 15) is 9.90 Å². The highest BCUT2D eigenvalue weighted by molar-refractivity contribution is 6.01. The average molecular weight is 405 g/mol. The number of nitrogens with zero attached hydrogens (tertiary/aromatic N) is 2. The number of amides is 1. The van der Waals surface area contributed by atoms with Gasteiger partial charge >= 0.3 is 0 Å². The Hall–Kier alpha value is -2.96. The molecule has 0 aliphatic carbocycles. The zero-order valence-electron chi connectivity index (χ0n) is 17.3. The minimum absolute atomic E-state index is 0.000710. The monoisotopic (exact) mass is 404 g/mol. The van der Waals surface area contributed by atoms with Crippen LogP contribution in [0.1, 0.15) is 24.0 Å². The standard InChI is InChI=1S/C24H28N4O2/c1-17-5-2-6-18(16-29)24(17)26-19-10-13-28(14-11-19)15-23(30)27-22-9-3-8-21-20(22)7-4-12-25-21/h2-9,12,19,26,29H,10-11,13-16H2,1H3,(H,27,30). The van der Waals surface area contributed by atoms with E-state index in [-0.39, 0.29) is 12.5 Å². The van der Waals surface area contributed by atoms with Crippen molar-refractivity contribution in [1.82, 2.24) is 9.88 Å². The van der Waals surface area contributed by atoms with Crippen molar-refractivity contribution in [2.24, 2.45) is 0 Å². The smallest absolute Gasteiger partial charge is 0.238 e. The van der Waals surface area contributed by atoms with E-state index in [0.29, 0.717) is 12.6 Å². The Morgan fingerprint density at radius 1 is 1.13 bits per heavy atom. The lowest BCUT2D eigenvalue weighted by atomic mass is 10.0. The molecule has 4 rings (SSSR count). The number of nitrogens with one attached hydrogen (secondary N) is 2. The summed E-state index contributed by atoms with van der Waals surface area (Å²) in [6.45, 7) is 4.21. The number of hydrogen-bond acceptors (Lipinski definition) is 5. The molecule has 0 saturated carbocycles. The molecule has 0 bridgehead atoms. The van der Waals surface area contributed by atoms with Crippen LogP contribution in [-0.4, -0.2) is 46.6 Å². The number of fused-ring (bicyclic) bond motifs is 1. The highest BCUT2D eigenvalue weighted by Crippen LogP contribution is 2.25. The Bertz CT molecular complexity index is 1020. The predicted molar refractivity (Wildman–Crippen MR) is 121 cm³/mol. The summed E-state index contributed by atoms with van der Waals surface area (Å²) in [5.74, 6) is -0.000710. The van der Waals surface area contributed by atoms with E-state index in [2.05, 4.69) is 33.5 Å². The van der Waals surface area contributed by atoms with Gasteiger partial charge in [0, 0.05) is 42.0 Å². The first-order chi connectivity index (χ1) is 14.6. The van der Waals surface area contributed by atoms with E-state index in [0.717, 1.165) is 59.3 Å². The number of rotatable bonds is 6. The van der Waals surface area contributed by atoms with E-state index in [1.54, 1.807) is 6.20 Å². The molecule has 1 amide bonds. The maximum atomic E-state index is 12.6. The maximum Gasteiger partial charge on any atom is 0.238 e. The lowest BCUT2D eigenvalue weighted by Crippen LogP contribution is -2.42. The lowest BCUT2D eigenvalue weighted by Gasteiger charge is -2.33. The first-order valence-corrected chi connectivity index (χ1v) is 10.5. The zero-order chi connectivity index (χ0) is 20.9. The molecule has 1 saturated heterocycles. The number of pyridine rings is 1. The molecule has 6 heteroatoms. The normalized spacial score (nSPS) is 15.3. The molecule has 2 aromatic carbocycles. The van der Waals surface area contributed by atoms with Crippen molar-refractivity contribution in [3.8, 4) is 0 Å². The van der Waals surface area contributed by atoms with Gasteiger partial charge in [-0.3, -0.25) is 14.7 Å². The van der Waals surface area contributed by atoms with Crippen LogP contribution in [0.2, 0.25) is 0 Å². The van der Waals surface area contributed by atoms with Crippen molar-refractivity contribution in [2.75, 3.05) is 30.3 Å². The number of para-hydroxylation sites is 1. The quantitative estimate of drug-likeness (QED) is 0.586. The number of aliphatic hydroxyl groups excluding tert-OH is 1. The van der Waals surface area contributed by atoms with E-state index in [4.69, 9.17) is 0 Å². The molecule has 156 valence electrons. The Balaban J connectivity index is 1.31. The number of likely N-dealkylation sites (tertiary alicyclic amines) is 1. The van der Waals surface area contributed by atoms with Crippen molar-refractivity contribution in [1.29, 1.82) is 0 Å². The van der Waals surface area contributed by atoms with Gasteiger partial charge in [0.2, 0.25) is 5.91 Å². The number of anilines is 2. The van der Waals surface area contributed by atoms with Crippen LogP contribution in [0.15, 0.2) is 54.7 Å². The van der Waals surface area contributed by atoms with Crippen molar-refractivity contribution in [3.05, 3.63) is 65.9 Å². The maximum absolute atomic E-state index is 12.6. The van der Waals surface area contributed by atoms with Gasteiger partial charge in [-0.15, -0.1) is 0 Å². The third-order valence-electron chi connectivity index (χ3n) is 5.75. The number of carbonyl (C=O) groups is 1. The van der Waals surface area contributed by atoms with Gasteiger partial charge in [0.15, 0.2) is 0 Å². The minimum Gasteiger partial charge on any atom is -0.392 e. The van der Waals surface area contributed by atoms with Gasteiger partial charge < -0.3 is 15.7 Å². The first kappa shape index (κ1) is 20.3. The fourth-order valence-corrected chi connectivity index (χ4v) is 4.11. The molecule has 0 unspecified atom stereocenters. The third-order valence-corrected chi connectivity index (χ3v) is 5.75. The third kappa shape index (κ3) is 4.61. The number of carbonyl (C=O) groups excluding carboxylic acids is 1. The number of aliphatic hydroxyl groups is 1. The zero-order valence-corrected chi connectivity index (χ0v) is 17.3. The van der Waals surface area contributed by atoms with Gasteiger partial charge in [-0.25, -0.2) is 0 Å². The fourth-order valence-electron chi connectivity index (χ4n) is 4.11. The molecule has 1 aromatic heterocycles. The number of hydrogen-bond donors (Lipinski definition) is 3. The van der Waals surface area contributed by atoms with Crippen LogP contribution in [0, 0.1) is 6.92 Å². The van der Waals surface area contributed by atoms with E-state index < -0.39 is 0 Å². The average Bonchev–Trinajstić information content (AvgIpc) is 2.76. The second kappa shape index (κ2) is 9.24. The van der Waals surface area contributed by atoms with Crippen molar-refractivity contribution in [2.45, 2.75) is 32.4 Å². The molecule has 2 heterocycles. The largest absolute Gasteiger partial charge is 0.392 e. The molecule has 0 radical (unpaired) electrons. The van der Waals surface area contributed by atoms with Gasteiger partial charge in [0.1, 0.15) is 0 Å². The molecule has 3 aromatic rings. The van der Waals surface area contributed by atoms with E-state index >= 15 is 0 Å². The summed E-state index contributed by atoms with van der Waals surface area (Å²) >= 11 is 0. The summed E-state index contributed by atoms with van der Waals surface area (Å²) in [6, 6.07) is 16.0. The van der Waals surface area contributed by atoms with Crippen LogP contribution in [0.25, 0.3) is 10.9 Å². The first-order valence-electron chi connectivity index (χ1n) is 10.5. The van der Waals surface area contributed by atoms with Crippen molar-refractivity contribution < 1.29 is 9.90 Å². The fraction of sp³-hybridized carbons (Fsp3) is 0.333. The lowest BCUT2D eigenvalue weighted by molar-refractivity contribution is -0.117. The van der Waals surface area contributed by atoms with Crippen LogP contribution in [-0.2, 0) is 11.4 Å². The summed E-state index contributed by atoms with van der Waals surface area (Å²) < 4.78 is 0. The molecule has 0 spiro atoms. The van der Waals surface area contributed by atoms with Crippen LogP contribution in [0.4, 0.5) is 11.4 Å². The second-order valence-electron chi connectivity index (χ2n) is 7.89. The van der Waals surface area contributed by atoms with Gasteiger partial charge in [-0.2, -0.15) is 0 Å². The number of aromatic nitrogens is 1. The van der Waals surface area contributed by atoms with Gasteiger partial charge in [0.25, 0.3) is 0 Å². The number of benzene rings is 2. The molecule has 3 N–H and O–H groups in total. The van der Waals surface area contributed by atoms with Gasteiger partial charge in [0.05, 0.1) is 24.4 Å². The van der Waals surface area contributed by atoms with Crippen molar-refractivity contribution >= 4 is 28.2 Å².